The van der Waals surface area contributed by atoms with Crippen LogP contribution in [0.5, 0.6) is 0 Å². The van der Waals surface area contributed by atoms with Gasteiger partial charge in [-0.25, -0.2) is 4.39 Å². The van der Waals surface area contributed by atoms with Crippen molar-refractivity contribution >= 4 is 28.2 Å². The highest BCUT2D eigenvalue weighted by Crippen LogP contribution is 2.27. The fraction of sp³-hybridized carbons (Fsp3) is 0.400. The molecule has 1 atom stereocenters. The Bertz CT molecular complexity index is 849. The number of ether oxygens (including phenoxy) is 1. The smallest absolute Gasteiger partial charge is 0.261 e. The monoisotopic (exact) mass is 405 g/mol. The van der Waals surface area contributed by atoms with Gasteiger partial charge in [-0.15, -0.1) is 11.3 Å². The first-order chi connectivity index (χ1) is 13.4. The lowest BCUT2D eigenvalue weighted by Gasteiger charge is -2.32. The lowest BCUT2D eigenvalue weighted by atomic mass is 10.2. The Labute approximate surface area is 167 Å². The number of halogens is 1. The quantitative estimate of drug-likeness (QED) is 0.775. The first-order valence-electron chi connectivity index (χ1n) is 9.21. The van der Waals surface area contributed by atoms with Crippen LogP contribution in [0.1, 0.15) is 32.5 Å². The summed E-state index contributed by atoms with van der Waals surface area (Å²) in [6, 6.07) is 7.46. The Morgan fingerprint density at radius 1 is 1.25 bits per heavy atom. The van der Waals surface area contributed by atoms with Crippen molar-refractivity contribution in [2.75, 3.05) is 38.2 Å². The van der Waals surface area contributed by atoms with Crippen LogP contribution in [0, 0.1) is 12.7 Å². The highest BCUT2D eigenvalue weighted by Gasteiger charge is 2.20. The molecule has 0 aliphatic carbocycles. The van der Waals surface area contributed by atoms with E-state index in [1.54, 1.807) is 12.1 Å². The number of nitrogens with zero attached hydrogens (tertiary/aromatic N) is 1. The van der Waals surface area contributed by atoms with E-state index >= 15 is 0 Å². The molecule has 2 heterocycles. The average Bonchev–Trinajstić information content (AvgIpc) is 3.06. The Kier molecular flexibility index (Phi) is 6.77. The Balaban J connectivity index is 1.58. The number of morpholine rings is 1. The lowest BCUT2D eigenvalue weighted by Crippen LogP contribution is -2.47. The maximum atomic E-state index is 13.3. The molecule has 1 aromatic heterocycles. The van der Waals surface area contributed by atoms with Crippen molar-refractivity contribution in [3.8, 4) is 0 Å². The largest absolute Gasteiger partial charge is 0.379 e. The van der Waals surface area contributed by atoms with E-state index in [9.17, 15) is 14.0 Å². The molecule has 0 spiro atoms. The third-order valence-corrected chi connectivity index (χ3v) is 5.83. The maximum Gasteiger partial charge on any atom is 0.261 e. The van der Waals surface area contributed by atoms with Crippen LogP contribution in [0.25, 0.3) is 0 Å². The van der Waals surface area contributed by atoms with Crippen LogP contribution in [0.4, 0.5) is 9.39 Å². The number of rotatable bonds is 6. The van der Waals surface area contributed by atoms with Gasteiger partial charge in [0.05, 0.1) is 23.1 Å². The van der Waals surface area contributed by atoms with Gasteiger partial charge in [0.25, 0.3) is 11.8 Å². The number of carbonyl (C=O) groups is 2. The minimum atomic E-state index is -0.468. The van der Waals surface area contributed by atoms with Gasteiger partial charge in [-0.05, 0) is 43.7 Å². The van der Waals surface area contributed by atoms with Crippen LogP contribution in [0.15, 0.2) is 30.3 Å². The summed E-state index contributed by atoms with van der Waals surface area (Å²) in [6.45, 7) is 7.62. The molecule has 28 heavy (non-hydrogen) atoms. The molecule has 1 aliphatic rings. The number of nitrogens with one attached hydrogen (secondary N) is 2. The van der Waals surface area contributed by atoms with E-state index in [1.165, 1.54) is 29.5 Å². The van der Waals surface area contributed by atoms with Crippen molar-refractivity contribution < 1.29 is 18.7 Å². The first-order valence-corrected chi connectivity index (χ1v) is 10.0. The van der Waals surface area contributed by atoms with E-state index in [2.05, 4.69) is 22.5 Å². The molecular weight excluding hydrogens is 381 g/mol. The molecule has 8 heteroatoms. The standard InChI is InChI=1S/C20H24FN3O3S/c1-13-10-17(23-19(25)15-4-3-5-16(21)11-15)28-18(13)20(26)22-12-14(2)24-6-8-27-9-7-24/h3-5,10-11,14H,6-9,12H2,1-2H3,(H,22,26)(H,23,25). The SMILES string of the molecule is Cc1cc(NC(=O)c2cccc(F)c2)sc1C(=O)NCC(C)N1CCOCC1. The Hall–Kier alpha value is -2.29. The predicted octanol–water partition coefficient (Wildman–Crippen LogP) is 2.90. The number of hydrogen-bond acceptors (Lipinski definition) is 5. The molecule has 0 saturated carbocycles. The van der Waals surface area contributed by atoms with E-state index in [4.69, 9.17) is 4.74 Å². The Morgan fingerprint density at radius 2 is 2.00 bits per heavy atom. The number of aryl methyl sites for hydroxylation is 1. The summed E-state index contributed by atoms with van der Waals surface area (Å²) >= 11 is 1.21. The normalized spacial score (nSPS) is 15.8. The van der Waals surface area contributed by atoms with Gasteiger partial charge in [-0.3, -0.25) is 14.5 Å². The molecule has 1 saturated heterocycles. The fourth-order valence-corrected chi connectivity index (χ4v) is 4.04. The van der Waals surface area contributed by atoms with Crippen molar-refractivity contribution in [2.45, 2.75) is 19.9 Å². The van der Waals surface area contributed by atoms with Crippen LogP contribution in [0.3, 0.4) is 0 Å². The van der Waals surface area contributed by atoms with Crippen LogP contribution in [-0.2, 0) is 4.74 Å². The van der Waals surface area contributed by atoms with E-state index in [0.29, 0.717) is 16.4 Å². The molecule has 1 aliphatic heterocycles. The minimum Gasteiger partial charge on any atom is -0.379 e. The molecule has 3 rings (SSSR count). The minimum absolute atomic E-state index is 0.158. The second-order valence-electron chi connectivity index (χ2n) is 6.79. The summed E-state index contributed by atoms with van der Waals surface area (Å²) < 4.78 is 18.6. The highest BCUT2D eigenvalue weighted by atomic mass is 32.1. The predicted molar refractivity (Wildman–Crippen MR) is 108 cm³/mol. The molecule has 0 bridgehead atoms. The second kappa shape index (κ2) is 9.27. The van der Waals surface area contributed by atoms with Gasteiger partial charge in [0.15, 0.2) is 0 Å². The average molecular weight is 405 g/mol. The van der Waals surface area contributed by atoms with E-state index in [1.807, 2.05) is 6.92 Å². The van der Waals surface area contributed by atoms with Crippen molar-refractivity contribution in [3.63, 3.8) is 0 Å². The fourth-order valence-electron chi connectivity index (χ4n) is 3.05. The third kappa shape index (κ3) is 5.15. The first kappa shape index (κ1) is 20.4. The summed E-state index contributed by atoms with van der Waals surface area (Å²) in [7, 11) is 0. The van der Waals surface area contributed by atoms with E-state index in [-0.39, 0.29) is 17.5 Å². The van der Waals surface area contributed by atoms with Gasteiger partial charge in [0.1, 0.15) is 5.82 Å². The van der Waals surface area contributed by atoms with Gasteiger partial charge in [0, 0.05) is 31.2 Å². The topological polar surface area (TPSA) is 70.7 Å². The molecule has 150 valence electrons. The molecule has 6 nitrogen and oxygen atoms in total. The molecule has 2 amide bonds. The number of anilines is 1. The molecular formula is C20H24FN3O3S. The van der Waals surface area contributed by atoms with Gasteiger partial charge < -0.3 is 15.4 Å². The van der Waals surface area contributed by atoms with Crippen molar-refractivity contribution in [1.29, 1.82) is 0 Å². The lowest BCUT2D eigenvalue weighted by molar-refractivity contribution is 0.0204. The summed E-state index contributed by atoms with van der Waals surface area (Å²) in [5, 5.41) is 6.25. The highest BCUT2D eigenvalue weighted by molar-refractivity contribution is 7.18. The number of carbonyl (C=O) groups excluding carboxylic acids is 2. The maximum absolute atomic E-state index is 13.3. The molecule has 1 fully saturated rings. The number of amides is 2. The summed E-state index contributed by atoms with van der Waals surface area (Å²) in [5.74, 6) is -1.04. The van der Waals surface area contributed by atoms with Crippen molar-refractivity contribution in [2.24, 2.45) is 0 Å². The van der Waals surface area contributed by atoms with Gasteiger partial charge in [0.2, 0.25) is 0 Å². The zero-order valence-corrected chi connectivity index (χ0v) is 16.8. The zero-order chi connectivity index (χ0) is 20.1. The molecule has 2 aromatic rings. The van der Waals surface area contributed by atoms with Crippen LogP contribution in [-0.4, -0.2) is 55.6 Å². The van der Waals surface area contributed by atoms with Crippen LogP contribution < -0.4 is 10.6 Å². The van der Waals surface area contributed by atoms with Gasteiger partial charge in [-0.2, -0.15) is 0 Å². The molecule has 1 unspecified atom stereocenters. The number of hydrogen-bond donors (Lipinski definition) is 2. The van der Waals surface area contributed by atoms with E-state index in [0.717, 1.165) is 31.9 Å². The van der Waals surface area contributed by atoms with Crippen LogP contribution in [0.2, 0.25) is 0 Å². The van der Waals surface area contributed by atoms with Crippen molar-refractivity contribution in [3.05, 3.63) is 52.2 Å². The zero-order valence-electron chi connectivity index (χ0n) is 16.0. The number of thiophene rings is 1. The van der Waals surface area contributed by atoms with Crippen LogP contribution >= 0.6 is 11.3 Å². The van der Waals surface area contributed by atoms with Crippen molar-refractivity contribution in [1.82, 2.24) is 10.2 Å². The summed E-state index contributed by atoms with van der Waals surface area (Å²) in [6.07, 6.45) is 0. The van der Waals surface area contributed by atoms with E-state index < -0.39 is 11.7 Å². The molecule has 2 N–H and O–H groups in total. The summed E-state index contributed by atoms with van der Waals surface area (Å²) in [5.41, 5.74) is 1.02. The Morgan fingerprint density at radius 3 is 2.71 bits per heavy atom. The summed E-state index contributed by atoms with van der Waals surface area (Å²) in [4.78, 5) is 27.7. The van der Waals surface area contributed by atoms with Gasteiger partial charge in [-0.1, -0.05) is 6.07 Å². The molecule has 0 radical (unpaired) electrons. The number of benzene rings is 1. The van der Waals surface area contributed by atoms with Gasteiger partial charge >= 0.3 is 0 Å². The second-order valence-corrected chi connectivity index (χ2v) is 7.85. The molecule has 1 aromatic carbocycles. The third-order valence-electron chi connectivity index (χ3n) is 4.67.